The molecule has 0 spiro atoms. The number of carbonyl (C=O) groups is 1. The van der Waals surface area contributed by atoms with Gasteiger partial charge in [-0.1, -0.05) is 43.7 Å². The van der Waals surface area contributed by atoms with Crippen molar-refractivity contribution in [2.45, 2.75) is 63.8 Å². The number of amides is 1. The van der Waals surface area contributed by atoms with Gasteiger partial charge in [0.15, 0.2) is 0 Å². The fourth-order valence-corrected chi connectivity index (χ4v) is 4.14. The summed E-state index contributed by atoms with van der Waals surface area (Å²) in [7, 11) is 0. The molecule has 1 aromatic rings. The van der Waals surface area contributed by atoms with Crippen molar-refractivity contribution < 1.29 is 9.53 Å². The molecular weight excluding hydrogens is 348 g/mol. The summed E-state index contributed by atoms with van der Waals surface area (Å²) in [5, 5.41) is 6.98. The molecule has 5 heteroatoms. The van der Waals surface area contributed by atoms with Gasteiger partial charge in [-0.25, -0.2) is 0 Å². The number of hydrogen-bond donors (Lipinski definition) is 2. The zero-order valence-electron chi connectivity index (χ0n) is 15.6. The molecule has 26 heavy (non-hydrogen) atoms. The Hall–Kier alpha value is -1.26. The van der Waals surface area contributed by atoms with E-state index in [0.717, 1.165) is 19.5 Å². The fourth-order valence-electron chi connectivity index (χ4n) is 3.94. The maximum atomic E-state index is 12.6. The molecule has 1 atom stereocenters. The third kappa shape index (κ3) is 5.88. The third-order valence-electron chi connectivity index (χ3n) is 5.57. The number of hydrogen-bond acceptors (Lipinski definition) is 3. The average molecular weight is 379 g/mol. The molecule has 2 aliphatic rings. The van der Waals surface area contributed by atoms with E-state index in [9.17, 15) is 4.79 Å². The molecule has 1 saturated heterocycles. The first-order valence-corrected chi connectivity index (χ1v) is 10.5. The second kappa shape index (κ2) is 10.2. The van der Waals surface area contributed by atoms with Crippen molar-refractivity contribution in [3.8, 4) is 5.75 Å². The molecule has 2 N–H and O–H groups in total. The van der Waals surface area contributed by atoms with Crippen molar-refractivity contribution in [2.75, 3.05) is 19.7 Å². The van der Waals surface area contributed by atoms with E-state index in [2.05, 4.69) is 10.6 Å². The molecule has 0 aromatic heterocycles. The average Bonchev–Trinajstić information content (AvgIpc) is 3.13. The summed E-state index contributed by atoms with van der Waals surface area (Å²) >= 11 is 6.26. The van der Waals surface area contributed by atoms with E-state index in [1.54, 1.807) is 12.1 Å². The van der Waals surface area contributed by atoms with Crippen LogP contribution in [0.3, 0.4) is 0 Å². The van der Waals surface area contributed by atoms with E-state index in [1.165, 1.54) is 51.4 Å². The van der Waals surface area contributed by atoms with Crippen molar-refractivity contribution in [2.24, 2.45) is 5.92 Å². The van der Waals surface area contributed by atoms with Crippen LogP contribution in [0.4, 0.5) is 0 Å². The van der Waals surface area contributed by atoms with E-state index in [-0.39, 0.29) is 5.91 Å². The molecule has 3 rings (SSSR count). The summed E-state index contributed by atoms with van der Waals surface area (Å²) in [6, 6.07) is 5.76. The van der Waals surface area contributed by atoms with Crippen LogP contribution in [0.1, 0.15) is 68.1 Å². The predicted octanol–water partition coefficient (Wildman–Crippen LogP) is 4.56. The van der Waals surface area contributed by atoms with Gasteiger partial charge in [-0.3, -0.25) is 4.79 Å². The second-order valence-electron chi connectivity index (χ2n) is 7.67. The number of benzene rings is 1. The Kier molecular flexibility index (Phi) is 7.63. The van der Waals surface area contributed by atoms with Gasteiger partial charge in [0.2, 0.25) is 0 Å². The number of ether oxygens (including phenoxy) is 1. The van der Waals surface area contributed by atoms with Crippen LogP contribution in [0.15, 0.2) is 18.2 Å². The van der Waals surface area contributed by atoms with E-state index < -0.39 is 0 Å². The lowest BCUT2D eigenvalue weighted by Crippen LogP contribution is -2.30. The van der Waals surface area contributed by atoms with Gasteiger partial charge in [-0.15, -0.1) is 0 Å². The first kappa shape index (κ1) is 19.5. The van der Waals surface area contributed by atoms with E-state index >= 15 is 0 Å². The van der Waals surface area contributed by atoms with Crippen LogP contribution in [0.5, 0.6) is 5.75 Å². The Balaban J connectivity index is 1.52. The van der Waals surface area contributed by atoms with E-state index in [4.69, 9.17) is 16.3 Å². The lowest BCUT2D eigenvalue weighted by molar-refractivity contribution is 0.0944. The molecule has 144 valence electrons. The molecule has 0 radical (unpaired) electrons. The normalized spacial score (nSPS) is 21.8. The topological polar surface area (TPSA) is 50.4 Å². The lowest BCUT2D eigenvalue weighted by atomic mass is 9.91. The third-order valence-corrected chi connectivity index (χ3v) is 5.90. The minimum absolute atomic E-state index is 0.0958. The van der Waals surface area contributed by atoms with Crippen LogP contribution < -0.4 is 15.4 Å². The Bertz CT molecular complexity index is 579. The molecule has 1 aliphatic heterocycles. The minimum atomic E-state index is -0.0958. The van der Waals surface area contributed by atoms with Gasteiger partial charge in [0.05, 0.1) is 10.6 Å². The van der Waals surface area contributed by atoms with Gasteiger partial charge in [-0.2, -0.15) is 0 Å². The zero-order valence-corrected chi connectivity index (χ0v) is 16.3. The summed E-state index contributed by atoms with van der Waals surface area (Å²) in [4.78, 5) is 12.6. The summed E-state index contributed by atoms with van der Waals surface area (Å²) < 4.78 is 5.86. The van der Waals surface area contributed by atoms with Crippen molar-refractivity contribution in [3.63, 3.8) is 0 Å². The summed E-state index contributed by atoms with van der Waals surface area (Å²) in [5.74, 6) is 1.20. The van der Waals surface area contributed by atoms with E-state index in [0.29, 0.717) is 34.9 Å². The highest BCUT2D eigenvalue weighted by Gasteiger charge is 2.17. The molecule has 4 nitrogen and oxygen atoms in total. The Labute approximate surface area is 162 Å². The van der Waals surface area contributed by atoms with Crippen LogP contribution in [0.25, 0.3) is 0 Å². The SMILES string of the molecule is O=C(NCC1CCCCCCC1)c1cc(OCC2CCCN2)ccc1Cl. The fraction of sp³-hybridized carbons (Fsp3) is 0.667. The molecule has 1 saturated carbocycles. The van der Waals surface area contributed by atoms with Gasteiger partial charge in [0.1, 0.15) is 12.4 Å². The molecule has 1 aromatic carbocycles. The van der Waals surface area contributed by atoms with Crippen molar-refractivity contribution >= 4 is 17.5 Å². The van der Waals surface area contributed by atoms with E-state index in [1.807, 2.05) is 6.07 Å². The standard InChI is InChI=1S/C21H31ClN2O2/c22-20-11-10-18(26-15-17-9-6-12-23-17)13-19(20)21(25)24-14-16-7-4-2-1-3-5-8-16/h10-11,13,16-17,23H,1-9,12,14-15H2,(H,24,25). The smallest absolute Gasteiger partial charge is 0.252 e. The maximum absolute atomic E-state index is 12.6. The molecule has 1 aliphatic carbocycles. The molecule has 2 fully saturated rings. The summed E-state index contributed by atoms with van der Waals surface area (Å²) in [6.07, 6.45) is 11.3. The minimum Gasteiger partial charge on any atom is -0.492 e. The van der Waals surface area contributed by atoms with Crippen LogP contribution in [-0.2, 0) is 0 Å². The monoisotopic (exact) mass is 378 g/mol. The predicted molar refractivity (Wildman–Crippen MR) is 106 cm³/mol. The highest BCUT2D eigenvalue weighted by molar-refractivity contribution is 6.33. The first-order valence-electron chi connectivity index (χ1n) is 10.2. The Morgan fingerprint density at radius 2 is 1.88 bits per heavy atom. The molecule has 0 bridgehead atoms. The Morgan fingerprint density at radius 3 is 2.62 bits per heavy atom. The molecule has 1 heterocycles. The number of carbonyl (C=O) groups excluding carboxylic acids is 1. The van der Waals surface area contributed by atoms with Crippen molar-refractivity contribution in [1.29, 1.82) is 0 Å². The lowest BCUT2D eigenvalue weighted by Gasteiger charge is -2.20. The molecule has 1 amide bonds. The quantitative estimate of drug-likeness (QED) is 0.762. The largest absolute Gasteiger partial charge is 0.492 e. The zero-order chi connectivity index (χ0) is 18.2. The van der Waals surface area contributed by atoms with Gasteiger partial charge in [-0.05, 0) is 56.3 Å². The van der Waals surface area contributed by atoms with Crippen LogP contribution in [0, 0.1) is 5.92 Å². The molecular formula is C21H31ClN2O2. The van der Waals surface area contributed by atoms with Crippen molar-refractivity contribution in [1.82, 2.24) is 10.6 Å². The second-order valence-corrected chi connectivity index (χ2v) is 8.07. The highest BCUT2D eigenvalue weighted by Crippen LogP contribution is 2.24. The summed E-state index contributed by atoms with van der Waals surface area (Å²) in [5.41, 5.74) is 0.509. The number of nitrogens with one attached hydrogen (secondary N) is 2. The summed E-state index contributed by atoms with van der Waals surface area (Å²) in [6.45, 7) is 2.43. The van der Waals surface area contributed by atoms with Crippen LogP contribution in [-0.4, -0.2) is 31.6 Å². The van der Waals surface area contributed by atoms with Crippen LogP contribution >= 0.6 is 11.6 Å². The Morgan fingerprint density at radius 1 is 1.12 bits per heavy atom. The maximum Gasteiger partial charge on any atom is 0.252 e. The van der Waals surface area contributed by atoms with Gasteiger partial charge in [0.25, 0.3) is 5.91 Å². The van der Waals surface area contributed by atoms with Crippen molar-refractivity contribution in [3.05, 3.63) is 28.8 Å². The van der Waals surface area contributed by atoms with Gasteiger partial charge >= 0.3 is 0 Å². The van der Waals surface area contributed by atoms with Crippen LogP contribution in [0.2, 0.25) is 5.02 Å². The van der Waals surface area contributed by atoms with Gasteiger partial charge < -0.3 is 15.4 Å². The number of halogens is 1. The molecule has 1 unspecified atom stereocenters. The van der Waals surface area contributed by atoms with Gasteiger partial charge in [0, 0.05) is 12.6 Å². The highest BCUT2D eigenvalue weighted by atomic mass is 35.5. The number of rotatable bonds is 6. The first-order chi connectivity index (χ1) is 12.7.